The molecule has 2 rings (SSSR count). The van der Waals surface area contributed by atoms with Crippen LogP contribution in [0.15, 0.2) is 34.6 Å². The van der Waals surface area contributed by atoms with Gasteiger partial charge in [-0.15, -0.1) is 11.3 Å². The molecule has 1 aromatic carbocycles. The first kappa shape index (κ1) is 17.0. The molecule has 1 heterocycles. The van der Waals surface area contributed by atoms with Gasteiger partial charge in [0, 0.05) is 12.8 Å². The van der Waals surface area contributed by atoms with Gasteiger partial charge in [-0.05, 0) is 24.3 Å². The fraction of sp³-hybridized carbons (Fsp3) is 0.312. The van der Waals surface area contributed by atoms with Gasteiger partial charge in [-0.1, -0.05) is 13.8 Å². The maximum atomic E-state index is 12.2. The molecule has 0 aliphatic rings. The minimum Gasteiger partial charge on any atom is -0.497 e. The number of ether oxygens (including phenoxy) is 2. The number of aromatic nitrogens is 1. The summed E-state index contributed by atoms with van der Waals surface area (Å²) in [6.45, 7) is 3.44. The molecule has 0 fully saturated rings. The quantitative estimate of drug-likeness (QED) is 0.788. The Labute approximate surface area is 138 Å². The molecule has 0 aliphatic carbocycles. The number of methoxy groups -OCH3 is 1. The Morgan fingerprint density at radius 2 is 1.87 bits per heavy atom. The van der Waals surface area contributed by atoms with Crippen LogP contribution in [-0.2, 0) is 4.79 Å². The number of rotatable bonds is 5. The van der Waals surface area contributed by atoms with E-state index < -0.39 is 5.97 Å². The zero-order chi connectivity index (χ0) is 16.8. The minimum absolute atomic E-state index is 0.183. The molecular formula is C16H18N2O4S. The van der Waals surface area contributed by atoms with Gasteiger partial charge >= 0.3 is 5.97 Å². The standard InChI is InChI=1S/C16H18N2O4S/c1-4-13(19)18-14(22-15(20)5-2)10-23-16(18)17-11-6-8-12(21-3)9-7-11/h6-10H,4-5H2,1-3H3. The van der Waals surface area contributed by atoms with E-state index in [1.165, 1.54) is 15.9 Å². The van der Waals surface area contributed by atoms with Crippen LogP contribution in [0.2, 0.25) is 0 Å². The normalized spacial score (nSPS) is 11.3. The average molecular weight is 334 g/mol. The number of esters is 1. The van der Waals surface area contributed by atoms with Crippen molar-refractivity contribution in [1.29, 1.82) is 0 Å². The smallest absolute Gasteiger partial charge is 0.312 e. The molecule has 7 heteroatoms. The van der Waals surface area contributed by atoms with E-state index in [9.17, 15) is 9.59 Å². The zero-order valence-corrected chi connectivity index (χ0v) is 14.1. The number of thiazole rings is 1. The number of nitrogens with zero attached hydrogens (tertiary/aromatic N) is 2. The van der Waals surface area contributed by atoms with Crippen LogP contribution in [0.3, 0.4) is 0 Å². The van der Waals surface area contributed by atoms with Crippen LogP contribution < -0.4 is 14.3 Å². The van der Waals surface area contributed by atoms with Crippen LogP contribution in [-0.4, -0.2) is 23.6 Å². The number of benzene rings is 1. The summed E-state index contributed by atoms with van der Waals surface area (Å²) in [5, 5.41) is 1.61. The second-order valence-corrected chi connectivity index (χ2v) is 5.41. The second-order valence-electron chi connectivity index (χ2n) is 4.58. The Kier molecular flexibility index (Phi) is 5.70. The molecule has 0 N–H and O–H groups in total. The number of hydrogen-bond acceptors (Lipinski definition) is 6. The number of carbonyl (C=O) groups excluding carboxylic acids is 2. The summed E-state index contributed by atoms with van der Waals surface area (Å²) in [6.07, 6.45) is 0.518. The van der Waals surface area contributed by atoms with Crippen molar-refractivity contribution in [2.45, 2.75) is 26.7 Å². The van der Waals surface area contributed by atoms with Crippen molar-refractivity contribution >= 4 is 28.9 Å². The van der Waals surface area contributed by atoms with E-state index in [1.807, 2.05) is 0 Å². The molecule has 0 radical (unpaired) electrons. The summed E-state index contributed by atoms with van der Waals surface area (Å²) < 4.78 is 11.6. The molecule has 0 aliphatic heterocycles. The first-order chi connectivity index (χ1) is 11.1. The maximum absolute atomic E-state index is 12.2. The number of hydrogen-bond donors (Lipinski definition) is 0. The lowest BCUT2D eigenvalue weighted by atomic mass is 10.3. The van der Waals surface area contributed by atoms with Crippen LogP contribution in [0.5, 0.6) is 11.6 Å². The molecule has 0 unspecified atom stereocenters. The Hall–Kier alpha value is -2.41. The summed E-state index contributed by atoms with van der Waals surface area (Å²) in [5.74, 6) is 0.361. The first-order valence-electron chi connectivity index (χ1n) is 7.22. The van der Waals surface area contributed by atoms with Crippen LogP contribution in [0.25, 0.3) is 0 Å². The SMILES string of the molecule is CCC(=O)Oc1csc(=Nc2ccc(OC)cc2)n1C(=O)CC. The molecule has 23 heavy (non-hydrogen) atoms. The maximum Gasteiger partial charge on any atom is 0.312 e. The fourth-order valence-electron chi connectivity index (χ4n) is 1.79. The van der Waals surface area contributed by atoms with Gasteiger partial charge in [0.1, 0.15) is 5.75 Å². The van der Waals surface area contributed by atoms with E-state index in [1.54, 1.807) is 50.6 Å². The van der Waals surface area contributed by atoms with Gasteiger partial charge in [-0.25, -0.2) is 9.56 Å². The summed E-state index contributed by atoms with van der Waals surface area (Å²) >= 11 is 1.24. The molecule has 0 saturated carbocycles. The van der Waals surface area contributed by atoms with Crippen molar-refractivity contribution in [3.05, 3.63) is 34.4 Å². The predicted molar refractivity (Wildman–Crippen MR) is 87.4 cm³/mol. The Morgan fingerprint density at radius 3 is 2.43 bits per heavy atom. The molecule has 0 spiro atoms. The van der Waals surface area contributed by atoms with Gasteiger partial charge in [0.15, 0.2) is 4.80 Å². The van der Waals surface area contributed by atoms with Gasteiger partial charge in [0.05, 0.1) is 18.2 Å². The highest BCUT2D eigenvalue weighted by Gasteiger charge is 2.15. The lowest BCUT2D eigenvalue weighted by Gasteiger charge is -2.06. The first-order valence-corrected chi connectivity index (χ1v) is 8.10. The molecule has 6 nitrogen and oxygen atoms in total. The third-order valence-corrected chi connectivity index (χ3v) is 3.84. The van der Waals surface area contributed by atoms with Crippen molar-refractivity contribution in [3.8, 4) is 11.6 Å². The highest BCUT2D eigenvalue weighted by atomic mass is 32.1. The molecule has 0 bridgehead atoms. The van der Waals surface area contributed by atoms with E-state index in [0.29, 0.717) is 10.5 Å². The van der Waals surface area contributed by atoms with Crippen molar-refractivity contribution in [3.63, 3.8) is 0 Å². The van der Waals surface area contributed by atoms with Crippen LogP contribution >= 0.6 is 11.3 Å². The number of carbonyl (C=O) groups is 2. The average Bonchev–Trinajstić information content (AvgIpc) is 2.96. The zero-order valence-electron chi connectivity index (χ0n) is 13.2. The lowest BCUT2D eigenvalue weighted by molar-refractivity contribution is -0.134. The van der Waals surface area contributed by atoms with Crippen LogP contribution in [0, 0.1) is 0 Å². The molecule has 1 aromatic heterocycles. The Balaban J connectivity index is 2.46. The van der Waals surface area contributed by atoms with Gasteiger partial charge in [-0.2, -0.15) is 0 Å². The minimum atomic E-state index is -0.392. The molecule has 0 atom stereocenters. The Morgan fingerprint density at radius 1 is 1.17 bits per heavy atom. The van der Waals surface area contributed by atoms with Gasteiger partial charge < -0.3 is 9.47 Å². The highest BCUT2D eigenvalue weighted by Crippen LogP contribution is 2.19. The van der Waals surface area contributed by atoms with Gasteiger partial charge in [-0.3, -0.25) is 9.59 Å². The highest BCUT2D eigenvalue weighted by molar-refractivity contribution is 7.07. The van der Waals surface area contributed by atoms with Gasteiger partial charge in [0.2, 0.25) is 11.8 Å². The van der Waals surface area contributed by atoms with Crippen molar-refractivity contribution < 1.29 is 19.1 Å². The fourth-order valence-corrected chi connectivity index (χ4v) is 2.61. The third kappa shape index (κ3) is 4.07. The largest absolute Gasteiger partial charge is 0.497 e. The molecule has 0 saturated heterocycles. The molecule has 0 amide bonds. The molecular weight excluding hydrogens is 316 g/mol. The monoisotopic (exact) mass is 334 g/mol. The van der Waals surface area contributed by atoms with E-state index in [4.69, 9.17) is 9.47 Å². The summed E-state index contributed by atoms with van der Waals surface area (Å²) in [4.78, 5) is 28.6. The summed E-state index contributed by atoms with van der Waals surface area (Å²) in [7, 11) is 1.59. The molecule has 122 valence electrons. The lowest BCUT2D eigenvalue weighted by Crippen LogP contribution is -2.24. The van der Waals surface area contributed by atoms with E-state index in [2.05, 4.69) is 4.99 Å². The van der Waals surface area contributed by atoms with E-state index >= 15 is 0 Å². The van der Waals surface area contributed by atoms with Crippen molar-refractivity contribution in [2.75, 3.05) is 7.11 Å². The second kappa shape index (κ2) is 7.73. The van der Waals surface area contributed by atoms with E-state index in [0.717, 1.165) is 5.75 Å². The Bertz CT molecular complexity index is 759. The topological polar surface area (TPSA) is 69.9 Å². The van der Waals surface area contributed by atoms with Crippen LogP contribution in [0.4, 0.5) is 5.69 Å². The van der Waals surface area contributed by atoms with E-state index in [-0.39, 0.29) is 24.6 Å². The molecule has 2 aromatic rings. The van der Waals surface area contributed by atoms with Crippen molar-refractivity contribution in [2.24, 2.45) is 4.99 Å². The third-order valence-electron chi connectivity index (χ3n) is 3.03. The van der Waals surface area contributed by atoms with Gasteiger partial charge in [0.25, 0.3) is 0 Å². The summed E-state index contributed by atoms with van der Waals surface area (Å²) in [6, 6.07) is 7.15. The van der Waals surface area contributed by atoms with Crippen molar-refractivity contribution in [1.82, 2.24) is 4.57 Å². The summed E-state index contributed by atoms with van der Waals surface area (Å²) in [5.41, 5.74) is 0.679. The van der Waals surface area contributed by atoms with Crippen LogP contribution in [0.1, 0.15) is 31.5 Å². The predicted octanol–water partition coefficient (Wildman–Crippen LogP) is 3.16.